The monoisotopic (exact) mass is 244 g/mol. The molecule has 0 aliphatic carbocycles. The minimum Gasteiger partial charge on any atom is -0.481 e. The lowest BCUT2D eigenvalue weighted by Crippen LogP contribution is -2.36. The molecule has 1 unspecified atom stereocenters. The zero-order valence-corrected chi connectivity index (χ0v) is 9.36. The van der Waals surface area contributed by atoms with Gasteiger partial charge in [0.05, 0.1) is 6.42 Å². The molecule has 1 rings (SSSR count). The molecule has 0 bridgehead atoms. The highest BCUT2D eigenvalue weighted by molar-refractivity contribution is 5.67. The van der Waals surface area contributed by atoms with Gasteiger partial charge in [-0.25, -0.2) is 8.78 Å². The van der Waals surface area contributed by atoms with Gasteiger partial charge in [-0.15, -0.1) is 0 Å². The van der Waals surface area contributed by atoms with E-state index in [9.17, 15) is 13.6 Å². The third-order valence-electron chi connectivity index (χ3n) is 2.29. The number of carbonyl (C=O) groups is 1. The molecule has 17 heavy (non-hydrogen) atoms. The van der Waals surface area contributed by atoms with Crippen LogP contribution in [0.2, 0.25) is 0 Å². The van der Waals surface area contributed by atoms with Crippen LogP contribution in [0.4, 0.5) is 14.5 Å². The van der Waals surface area contributed by atoms with Crippen LogP contribution in [0.15, 0.2) is 18.2 Å². The third kappa shape index (κ3) is 3.99. The Morgan fingerprint density at radius 1 is 1.47 bits per heavy atom. The van der Waals surface area contributed by atoms with E-state index in [0.717, 1.165) is 12.1 Å². The second kappa shape index (κ2) is 5.58. The molecular formula is C11H14F2N2O2. The molecule has 1 aromatic carbocycles. The average molecular weight is 244 g/mol. The summed E-state index contributed by atoms with van der Waals surface area (Å²) in [6.07, 6.45) is -0.173. The van der Waals surface area contributed by atoms with E-state index in [2.05, 4.69) is 0 Å². The molecule has 0 saturated carbocycles. The summed E-state index contributed by atoms with van der Waals surface area (Å²) in [6, 6.07) is 2.91. The predicted octanol–water partition coefficient (Wildman–Crippen LogP) is 1.20. The lowest BCUT2D eigenvalue weighted by molar-refractivity contribution is -0.137. The molecule has 0 spiro atoms. The van der Waals surface area contributed by atoms with Crippen molar-refractivity contribution >= 4 is 11.7 Å². The maximum absolute atomic E-state index is 13.0. The highest BCUT2D eigenvalue weighted by Crippen LogP contribution is 2.16. The van der Waals surface area contributed by atoms with Gasteiger partial charge in [-0.2, -0.15) is 0 Å². The van der Waals surface area contributed by atoms with Gasteiger partial charge < -0.3 is 15.7 Å². The van der Waals surface area contributed by atoms with E-state index in [-0.39, 0.29) is 13.0 Å². The lowest BCUT2D eigenvalue weighted by Gasteiger charge is -2.22. The van der Waals surface area contributed by atoms with Crippen LogP contribution in [-0.2, 0) is 4.79 Å². The summed E-state index contributed by atoms with van der Waals surface area (Å²) in [7, 11) is 1.63. The first-order chi connectivity index (χ1) is 7.90. The number of likely N-dealkylation sites (N-methyl/N-ethyl adjacent to an activating group) is 1. The van der Waals surface area contributed by atoms with Crippen molar-refractivity contribution in [2.24, 2.45) is 5.73 Å². The minimum absolute atomic E-state index is 0.173. The number of benzene rings is 1. The molecule has 0 heterocycles. The van der Waals surface area contributed by atoms with Crippen molar-refractivity contribution in [2.75, 3.05) is 18.5 Å². The Morgan fingerprint density at radius 2 is 2.12 bits per heavy atom. The second-order valence-corrected chi connectivity index (χ2v) is 3.84. The number of carboxylic acid groups (broad SMARTS) is 1. The zero-order valence-electron chi connectivity index (χ0n) is 9.36. The van der Waals surface area contributed by atoms with Crippen LogP contribution in [0, 0.1) is 11.6 Å². The molecule has 0 amide bonds. The number of nitrogens with zero attached hydrogens (tertiary/aromatic N) is 1. The second-order valence-electron chi connectivity index (χ2n) is 3.84. The van der Waals surface area contributed by atoms with Crippen molar-refractivity contribution in [2.45, 2.75) is 12.5 Å². The fourth-order valence-corrected chi connectivity index (χ4v) is 1.47. The van der Waals surface area contributed by atoms with E-state index in [1.165, 1.54) is 6.07 Å². The van der Waals surface area contributed by atoms with Crippen LogP contribution in [-0.4, -0.2) is 30.7 Å². The van der Waals surface area contributed by atoms with Crippen LogP contribution in [0.25, 0.3) is 0 Å². The number of carboxylic acids is 1. The van der Waals surface area contributed by atoms with Gasteiger partial charge in [-0.1, -0.05) is 0 Å². The van der Waals surface area contributed by atoms with E-state index < -0.39 is 23.6 Å². The van der Waals surface area contributed by atoms with E-state index >= 15 is 0 Å². The quantitative estimate of drug-likeness (QED) is 0.816. The van der Waals surface area contributed by atoms with Gasteiger partial charge >= 0.3 is 5.97 Å². The molecule has 0 aromatic heterocycles. The number of hydrogen-bond acceptors (Lipinski definition) is 3. The first-order valence-corrected chi connectivity index (χ1v) is 5.03. The summed E-state index contributed by atoms with van der Waals surface area (Å²) < 4.78 is 25.7. The van der Waals surface area contributed by atoms with E-state index in [1.54, 1.807) is 11.9 Å². The highest BCUT2D eigenvalue weighted by atomic mass is 19.2. The number of aliphatic carboxylic acids is 1. The molecular weight excluding hydrogens is 230 g/mol. The molecule has 6 heteroatoms. The Balaban J connectivity index is 2.66. The van der Waals surface area contributed by atoms with Gasteiger partial charge in [-0.3, -0.25) is 4.79 Å². The molecule has 94 valence electrons. The van der Waals surface area contributed by atoms with Crippen LogP contribution in [0.3, 0.4) is 0 Å². The molecule has 0 radical (unpaired) electrons. The first-order valence-electron chi connectivity index (χ1n) is 5.03. The number of hydrogen-bond donors (Lipinski definition) is 2. The molecule has 0 fully saturated rings. The summed E-state index contributed by atoms with van der Waals surface area (Å²) >= 11 is 0. The van der Waals surface area contributed by atoms with Crippen molar-refractivity contribution in [3.05, 3.63) is 29.8 Å². The fourth-order valence-electron chi connectivity index (χ4n) is 1.47. The van der Waals surface area contributed by atoms with E-state index in [0.29, 0.717) is 5.69 Å². The van der Waals surface area contributed by atoms with Gasteiger partial charge in [0.15, 0.2) is 11.6 Å². The topological polar surface area (TPSA) is 66.6 Å². The Kier molecular flexibility index (Phi) is 4.39. The number of halogens is 2. The fraction of sp³-hybridized carbons (Fsp3) is 0.364. The minimum atomic E-state index is -0.990. The first kappa shape index (κ1) is 13.4. The van der Waals surface area contributed by atoms with E-state index in [4.69, 9.17) is 10.8 Å². The summed E-state index contributed by atoms with van der Waals surface area (Å²) in [5.41, 5.74) is 6.04. The van der Waals surface area contributed by atoms with E-state index in [1.807, 2.05) is 0 Å². The molecule has 0 aliphatic rings. The molecule has 0 aliphatic heterocycles. The number of anilines is 1. The standard InChI is InChI=1S/C11H14F2N2O2/c1-15(6-7(14)4-11(16)17)8-2-3-9(12)10(13)5-8/h2-3,5,7H,4,6,14H2,1H3,(H,16,17). The smallest absolute Gasteiger partial charge is 0.304 e. The molecule has 1 atom stereocenters. The van der Waals surface area contributed by atoms with Gasteiger partial charge in [0.2, 0.25) is 0 Å². The molecule has 3 N–H and O–H groups in total. The van der Waals surface area contributed by atoms with Crippen molar-refractivity contribution < 1.29 is 18.7 Å². The van der Waals surface area contributed by atoms with Gasteiger partial charge in [0.25, 0.3) is 0 Å². The summed E-state index contributed by atoms with van der Waals surface area (Å²) in [5, 5.41) is 8.54. The van der Waals surface area contributed by atoms with Gasteiger partial charge in [0.1, 0.15) is 0 Å². The maximum Gasteiger partial charge on any atom is 0.304 e. The third-order valence-corrected chi connectivity index (χ3v) is 2.29. The normalized spacial score (nSPS) is 12.2. The average Bonchev–Trinajstić information content (AvgIpc) is 2.20. The Labute approximate surface area is 97.6 Å². The molecule has 1 aromatic rings. The van der Waals surface area contributed by atoms with Crippen LogP contribution in [0.1, 0.15) is 6.42 Å². The van der Waals surface area contributed by atoms with Crippen molar-refractivity contribution in [3.8, 4) is 0 Å². The largest absolute Gasteiger partial charge is 0.481 e. The van der Waals surface area contributed by atoms with Crippen molar-refractivity contribution in [3.63, 3.8) is 0 Å². The highest BCUT2D eigenvalue weighted by Gasteiger charge is 2.12. The predicted molar refractivity (Wildman–Crippen MR) is 59.9 cm³/mol. The maximum atomic E-state index is 13.0. The number of nitrogens with two attached hydrogens (primary N) is 1. The van der Waals surface area contributed by atoms with Crippen molar-refractivity contribution in [1.29, 1.82) is 0 Å². The van der Waals surface area contributed by atoms with Gasteiger partial charge in [0, 0.05) is 31.4 Å². The summed E-state index contributed by atoms with van der Waals surface area (Å²) in [4.78, 5) is 12.0. The molecule has 4 nitrogen and oxygen atoms in total. The zero-order chi connectivity index (χ0) is 13.0. The molecule has 0 saturated heterocycles. The Hall–Kier alpha value is -1.69. The number of rotatable bonds is 5. The summed E-state index contributed by atoms with van der Waals surface area (Å²) in [6.45, 7) is 0.247. The van der Waals surface area contributed by atoms with Crippen LogP contribution >= 0.6 is 0 Å². The van der Waals surface area contributed by atoms with Crippen LogP contribution < -0.4 is 10.6 Å². The van der Waals surface area contributed by atoms with Crippen molar-refractivity contribution in [1.82, 2.24) is 0 Å². The van der Waals surface area contributed by atoms with Crippen LogP contribution in [0.5, 0.6) is 0 Å². The van der Waals surface area contributed by atoms with Gasteiger partial charge in [-0.05, 0) is 12.1 Å². The Morgan fingerprint density at radius 3 is 2.65 bits per heavy atom. The Bertz CT molecular complexity index is 412. The SMILES string of the molecule is CN(CC(N)CC(=O)O)c1ccc(F)c(F)c1. The lowest BCUT2D eigenvalue weighted by atomic mass is 10.2. The summed E-state index contributed by atoms with van der Waals surface area (Å²) in [5.74, 6) is -2.85.